The van der Waals surface area contributed by atoms with Crippen molar-refractivity contribution in [1.29, 1.82) is 0 Å². The van der Waals surface area contributed by atoms with Crippen LogP contribution < -0.4 is 10.6 Å². The van der Waals surface area contributed by atoms with E-state index in [1.807, 2.05) is 12.1 Å². The molecule has 1 heterocycles. The van der Waals surface area contributed by atoms with Crippen LogP contribution in [-0.4, -0.2) is 48.4 Å². The van der Waals surface area contributed by atoms with Gasteiger partial charge >= 0.3 is 0 Å². The highest BCUT2D eigenvalue weighted by Crippen LogP contribution is 2.22. The number of piperazine rings is 1. The van der Waals surface area contributed by atoms with E-state index < -0.39 is 0 Å². The summed E-state index contributed by atoms with van der Waals surface area (Å²) in [6, 6.07) is 8.14. The van der Waals surface area contributed by atoms with Gasteiger partial charge in [-0.1, -0.05) is 38.1 Å². The lowest BCUT2D eigenvalue weighted by molar-refractivity contribution is -0.134. The maximum absolute atomic E-state index is 12.5. The molecule has 0 bridgehead atoms. The van der Waals surface area contributed by atoms with Gasteiger partial charge in [-0.15, -0.1) is 0 Å². The molecule has 2 N–H and O–H groups in total. The Bertz CT molecular complexity index is 589. The zero-order valence-electron chi connectivity index (χ0n) is 14.5. The summed E-state index contributed by atoms with van der Waals surface area (Å²) in [6.45, 7) is 6.61. The summed E-state index contributed by atoms with van der Waals surface area (Å²) in [4.78, 5) is 26.8. The standard InChI is InChI=1S/C19H27N3O2/c1-13(2)12-22-8-7-20-19(24)17(22)11-18(23)21-16-9-14-5-3-4-6-15(14)10-16/h3-6,13,16-17H,7-12H2,1-2H3,(H,20,24)(H,21,23). The minimum Gasteiger partial charge on any atom is -0.353 e. The first-order valence-electron chi connectivity index (χ1n) is 8.91. The van der Waals surface area contributed by atoms with Crippen LogP contribution in [0.1, 0.15) is 31.4 Å². The Morgan fingerprint density at radius 3 is 2.58 bits per heavy atom. The topological polar surface area (TPSA) is 61.4 Å². The smallest absolute Gasteiger partial charge is 0.237 e. The predicted octanol–water partition coefficient (Wildman–Crippen LogP) is 1.12. The second-order valence-electron chi connectivity index (χ2n) is 7.34. The van der Waals surface area contributed by atoms with Crippen LogP contribution in [0, 0.1) is 5.92 Å². The Morgan fingerprint density at radius 2 is 1.96 bits per heavy atom. The molecular formula is C19H27N3O2. The molecule has 1 aliphatic heterocycles. The van der Waals surface area contributed by atoms with Crippen LogP contribution in [0.15, 0.2) is 24.3 Å². The van der Waals surface area contributed by atoms with Crippen LogP contribution in [0.5, 0.6) is 0 Å². The molecule has 2 amide bonds. The number of nitrogens with zero attached hydrogens (tertiary/aromatic N) is 1. The maximum atomic E-state index is 12.5. The Hall–Kier alpha value is -1.88. The lowest BCUT2D eigenvalue weighted by Gasteiger charge is -2.35. The number of amides is 2. The normalized spacial score (nSPS) is 21.6. The van der Waals surface area contributed by atoms with E-state index in [2.05, 4.69) is 41.5 Å². The summed E-state index contributed by atoms with van der Waals surface area (Å²) in [5, 5.41) is 6.01. The van der Waals surface area contributed by atoms with Crippen molar-refractivity contribution in [3.8, 4) is 0 Å². The average molecular weight is 329 g/mol. The van der Waals surface area contributed by atoms with Gasteiger partial charge in [0.25, 0.3) is 0 Å². The fourth-order valence-corrected chi connectivity index (χ4v) is 3.79. The highest BCUT2D eigenvalue weighted by Gasteiger charge is 2.32. The van der Waals surface area contributed by atoms with Crippen LogP contribution in [-0.2, 0) is 22.4 Å². The summed E-state index contributed by atoms with van der Waals surface area (Å²) in [5.41, 5.74) is 2.64. The zero-order valence-corrected chi connectivity index (χ0v) is 14.5. The Morgan fingerprint density at radius 1 is 1.29 bits per heavy atom. The van der Waals surface area contributed by atoms with Gasteiger partial charge in [-0.3, -0.25) is 14.5 Å². The first kappa shape index (κ1) is 17.0. The van der Waals surface area contributed by atoms with E-state index in [4.69, 9.17) is 0 Å². The molecular weight excluding hydrogens is 302 g/mol. The molecule has 0 spiro atoms. The number of nitrogens with one attached hydrogen (secondary N) is 2. The van der Waals surface area contributed by atoms with Crippen molar-refractivity contribution in [3.63, 3.8) is 0 Å². The summed E-state index contributed by atoms with van der Waals surface area (Å²) >= 11 is 0. The largest absolute Gasteiger partial charge is 0.353 e. The van der Waals surface area contributed by atoms with Gasteiger partial charge in [0.05, 0.1) is 12.5 Å². The van der Waals surface area contributed by atoms with Crippen molar-refractivity contribution in [3.05, 3.63) is 35.4 Å². The zero-order chi connectivity index (χ0) is 17.1. The van der Waals surface area contributed by atoms with Crippen molar-refractivity contribution < 1.29 is 9.59 Å². The molecule has 24 heavy (non-hydrogen) atoms. The van der Waals surface area contributed by atoms with Gasteiger partial charge in [-0.2, -0.15) is 0 Å². The summed E-state index contributed by atoms with van der Waals surface area (Å²) < 4.78 is 0. The predicted molar refractivity (Wildman–Crippen MR) is 93.6 cm³/mol. The van der Waals surface area contributed by atoms with Gasteiger partial charge in [0.15, 0.2) is 0 Å². The first-order valence-corrected chi connectivity index (χ1v) is 8.91. The third-order valence-electron chi connectivity index (χ3n) is 4.84. The highest BCUT2D eigenvalue weighted by atomic mass is 16.2. The maximum Gasteiger partial charge on any atom is 0.237 e. The van der Waals surface area contributed by atoms with Gasteiger partial charge in [0.2, 0.25) is 11.8 Å². The van der Waals surface area contributed by atoms with E-state index >= 15 is 0 Å². The second kappa shape index (κ2) is 7.34. The van der Waals surface area contributed by atoms with Crippen molar-refractivity contribution in [2.24, 2.45) is 5.92 Å². The van der Waals surface area contributed by atoms with Gasteiger partial charge < -0.3 is 10.6 Å². The van der Waals surface area contributed by atoms with Crippen molar-refractivity contribution in [1.82, 2.24) is 15.5 Å². The second-order valence-corrected chi connectivity index (χ2v) is 7.34. The SMILES string of the molecule is CC(C)CN1CCNC(=O)C1CC(=O)NC1Cc2ccccc2C1. The third kappa shape index (κ3) is 3.96. The summed E-state index contributed by atoms with van der Waals surface area (Å²) in [7, 11) is 0. The molecule has 1 fully saturated rings. The molecule has 5 heteroatoms. The molecule has 0 radical (unpaired) electrons. The van der Waals surface area contributed by atoms with Gasteiger partial charge in [-0.25, -0.2) is 0 Å². The molecule has 3 rings (SSSR count). The third-order valence-corrected chi connectivity index (χ3v) is 4.84. The van der Waals surface area contributed by atoms with Crippen molar-refractivity contribution >= 4 is 11.8 Å². The number of carbonyl (C=O) groups is 2. The van der Waals surface area contributed by atoms with E-state index in [1.54, 1.807) is 0 Å². The van der Waals surface area contributed by atoms with Crippen LogP contribution in [0.4, 0.5) is 0 Å². The molecule has 5 nitrogen and oxygen atoms in total. The van der Waals surface area contributed by atoms with Crippen LogP contribution >= 0.6 is 0 Å². The van der Waals surface area contributed by atoms with E-state index in [1.165, 1.54) is 11.1 Å². The van der Waals surface area contributed by atoms with E-state index in [0.717, 1.165) is 25.9 Å². The lowest BCUT2D eigenvalue weighted by atomic mass is 10.1. The Labute approximate surface area is 143 Å². The molecule has 1 aliphatic carbocycles. The molecule has 1 unspecified atom stereocenters. The fraction of sp³-hybridized carbons (Fsp3) is 0.579. The number of hydrogen-bond acceptors (Lipinski definition) is 3. The molecule has 1 aromatic carbocycles. The van der Waals surface area contributed by atoms with Crippen molar-refractivity contribution in [2.45, 2.75) is 45.2 Å². The number of rotatable bonds is 5. The molecule has 2 aliphatic rings. The quantitative estimate of drug-likeness (QED) is 0.851. The van der Waals surface area contributed by atoms with Crippen LogP contribution in [0.25, 0.3) is 0 Å². The summed E-state index contributed by atoms with van der Waals surface area (Å²) in [6.07, 6.45) is 2.01. The minimum atomic E-state index is -0.343. The Balaban J connectivity index is 1.56. The fourth-order valence-electron chi connectivity index (χ4n) is 3.79. The van der Waals surface area contributed by atoms with E-state index in [-0.39, 0.29) is 30.3 Å². The molecule has 1 saturated heterocycles. The number of fused-ring (bicyclic) bond motifs is 1. The molecule has 0 aromatic heterocycles. The lowest BCUT2D eigenvalue weighted by Crippen LogP contribution is -2.57. The monoisotopic (exact) mass is 329 g/mol. The van der Waals surface area contributed by atoms with E-state index in [9.17, 15) is 9.59 Å². The summed E-state index contributed by atoms with van der Waals surface area (Å²) in [5.74, 6) is 0.432. The highest BCUT2D eigenvalue weighted by molar-refractivity contribution is 5.89. The Kier molecular flexibility index (Phi) is 5.19. The van der Waals surface area contributed by atoms with Gasteiger partial charge in [0, 0.05) is 25.7 Å². The van der Waals surface area contributed by atoms with Crippen LogP contribution in [0.3, 0.4) is 0 Å². The molecule has 130 valence electrons. The molecule has 0 saturated carbocycles. The number of hydrogen-bond donors (Lipinski definition) is 2. The van der Waals surface area contributed by atoms with E-state index in [0.29, 0.717) is 12.5 Å². The number of benzene rings is 1. The van der Waals surface area contributed by atoms with Gasteiger partial charge in [0.1, 0.15) is 0 Å². The van der Waals surface area contributed by atoms with Gasteiger partial charge in [-0.05, 0) is 29.9 Å². The van der Waals surface area contributed by atoms with Crippen LogP contribution in [0.2, 0.25) is 0 Å². The minimum absolute atomic E-state index is 0.0215. The average Bonchev–Trinajstić information content (AvgIpc) is 2.92. The van der Waals surface area contributed by atoms with Crippen molar-refractivity contribution in [2.75, 3.05) is 19.6 Å². The molecule has 1 aromatic rings. The number of carbonyl (C=O) groups excluding carboxylic acids is 2. The molecule has 1 atom stereocenters. The first-order chi connectivity index (χ1) is 11.5.